The number of ether oxygens (including phenoxy) is 2. The molecule has 1 aliphatic heterocycles. The molecule has 1 saturated heterocycles. The van der Waals surface area contributed by atoms with E-state index in [-0.39, 0.29) is 41.0 Å². The van der Waals surface area contributed by atoms with Crippen molar-refractivity contribution in [2.45, 2.75) is 6.92 Å². The molecule has 0 atom stereocenters. The molecule has 3 N–H and O–H groups in total. The Hall–Kier alpha value is -5.12. The van der Waals surface area contributed by atoms with Gasteiger partial charge in [0.15, 0.2) is 18.1 Å². The number of hydrogen-bond donors (Lipinski definition) is 3. The lowest BCUT2D eigenvalue weighted by Gasteiger charge is -2.26. The van der Waals surface area contributed by atoms with Gasteiger partial charge in [-0.05, 0) is 67.1 Å². The van der Waals surface area contributed by atoms with Crippen LogP contribution in [-0.2, 0) is 14.4 Å². The summed E-state index contributed by atoms with van der Waals surface area (Å²) in [6.45, 7) is 1.68. The van der Waals surface area contributed by atoms with Crippen LogP contribution >= 0.6 is 0 Å². The third kappa shape index (κ3) is 5.76. The molecular formula is C27H23N3O7. The van der Waals surface area contributed by atoms with Crippen LogP contribution in [-0.4, -0.2) is 42.6 Å². The van der Waals surface area contributed by atoms with Gasteiger partial charge in [0.25, 0.3) is 17.7 Å². The number of aryl methyl sites for hydroxylation is 1. The van der Waals surface area contributed by atoms with Crippen LogP contribution in [0.5, 0.6) is 17.2 Å². The number of barbiturate groups is 1. The van der Waals surface area contributed by atoms with Crippen molar-refractivity contribution in [3.63, 3.8) is 0 Å². The fourth-order valence-electron chi connectivity index (χ4n) is 3.53. The number of rotatable bonds is 7. The second-order valence-corrected chi connectivity index (χ2v) is 8.09. The molecule has 188 valence electrons. The molecule has 0 aliphatic carbocycles. The van der Waals surface area contributed by atoms with Crippen LogP contribution in [0.15, 0.2) is 72.3 Å². The number of phenolic OH excluding ortho intramolecular Hbond substituents is 1. The summed E-state index contributed by atoms with van der Waals surface area (Å²) in [7, 11) is 1.41. The molecule has 0 aromatic heterocycles. The minimum absolute atomic E-state index is 0.0394. The molecule has 3 aromatic carbocycles. The van der Waals surface area contributed by atoms with Crippen molar-refractivity contribution in [1.82, 2.24) is 5.32 Å². The molecule has 37 heavy (non-hydrogen) atoms. The Kier molecular flexibility index (Phi) is 7.19. The zero-order valence-electron chi connectivity index (χ0n) is 20.0. The topological polar surface area (TPSA) is 134 Å². The third-order valence-corrected chi connectivity index (χ3v) is 5.40. The van der Waals surface area contributed by atoms with Gasteiger partial charge in [0.05, 0.1) is 12.8 Å². The van der Waals surface area contributed by atoms with Crippen LogP contribution < -0.4 is 25.0 Å². The summed E-state index contributed by atoms with van der Waals surface area (Å²) in [4.78, 5) is 50.8. The van der Waals surface area contributed by atoms with Gasteiger partial charge in [-0.2, -0.15) is 0 Å². The van der Waals surface area contributed by atoms with Crippen molar-refractivity contribution in [2.75, 3.05) is 23.9 Å². The molecule has 0 spiro atoms. The summed E-state index contributed by atoms with van der Waals surface area (Å²) in [5.41, 5.74) is 2.04. The van der Waals surface area contributed by atoms with Gasteiger partial charge in [-0.1, -0.05) is 23.8 Å². The van der Waals surface area contributed by atoms with E-state index in [1.54, 1.807) is 24.3 Å². The van der Waals surface area contributed by atoms with Crippen molar-refractivity contribution in [3.05, 3.63) is 83.4 Å². The normalized spacial score (nSPS) is 14.4. The lowest BCUT2D eigenvalue weighted by atomic mass is 10.1. The molecule has 1 fully saturated rings. The Morgan fingerprint density at radius 1 is 1.00 bits per heavy atom. The highest BCUT2D eigenvalue weighted by molar-refractivity contribution is 6.39. The molecule has 0 unspecified atom stereocenters. The number of hydrogen-bond acceptors (Lipinski definition) is 7. The van der Waals surface area contributed by atoms with E-state index in [9.17, 15) is 24.3 Å². The zero-order chi connectivity index (χ0) is 26.5. The minimum atomic E-state index is -0.900. The molecule has 0 radical (unpaired) electrons. The number of benzene rings is 3. The largest absolute Gasteiger partial charge is 0.508 e. The Morgan fingerprint density at radius 2 is 1.70 bits per heavy atom. The van der Waals surface area contributed by atoms with Crippen molar-refractivity contribution in [1.29, 1.82) is 0 Å². The lowest BCUT2D eigenvalue weighted by molar-refractivity contribution is -0.122. The van der Waals surface area contributed by atoms with Gasteiger partial charge in [0, 0.05) is 5.69 Å². The molecule has 10 nitrogen and oxygen atoms in total. The van der Waals surface area contributed by atoms with Gasteiger partial charge < -0.3 is 19.9 Å². The zero-order valence-corrected chi connectivity index (χ0v) is 20.0. The Morgan fingerprint density at radius 3 is 2.38 bits per heavy atom. The first-order chi connectivity index (χ1) is 17.7. The van der Waals surface area contributed by atoms with Crippen molar-refractivity contribution in [3.8, 4) is 17.2 Å². The van der Waals surface area contributed by atoms with Crippen molar-refractivity contribution < 1.29 is 33.8 Å². The smallest absolute Gasteiger partial charge is 0.335 e. The Balaban J connectivity index is 1.50. The van der Waals surface area contributed by atoms with Crippen molar-refractivity contribution in [2.24, 2.45) is 0 Å². The van der Waals surface area contributed by atoms with Crippen LogP contribution in [0.1, 0.15) is 11.1 Å². The van der Waals surface area contributed by atoms with Crippen LogP contribution in [0.2, 0.25) is 0 Å². The minimum Gasteiger partial charge on any atom is -0.508 e. The lowest BCUT2D eigenvalue weighted by Crippen LogP contribution is -2.54. The van der Waals surface area contributed by atoms with E-state index in [0.717, 1.165) is 10.5 Å². The number of amides is 5. The number of anilines is 2. The second kappa shape index (κ2) is 10.6. The monoisotopic (exact) mass is 501 g/mol. The average Bonchev–Trinajstić information content (AvgIpc) is 2.88. The highest BCUT2D eigenvalue weighted by Gasteiger charge is 2.36. The summed E-state index contributed by atoms with van der Waals surface area (Å²) in [6, 6.07) is 16.5. The molecule has 10 heteroatoms. The SMILES string of the molecule is COc1cc(/C=C2\C(=O)NC(=O)N(c3ccc(O)cc3)C2=O)ccc1OCC(=O)Nc1ccc(C)cc1. The Labute approximate surface area is 212 Å². The maximum absolute atomic E-state index is 13.0. The van der Waals surface area contributed by atoms with Crippen LogP contribution in [0, 0.1) is 6.92 Å². The second-order valence-electron chi connectivity index (χ2n) is 8.09. The van der Waals surface area contributed by atoms with Crippen LogP contribution in [0.4, 0.5) is 16.2 Å². The number of methoxy groups -OCH3 is 1. The molecule has 1 heterocycles. The number of nitrogens with one attached hydrogen (secondary N) is 2. The van der Waals surface area contributed by atoms with E-state index in [2.05, 4.69) is 10.6 Å². The quantitative estimate of drug-likeness (QED) is 0.334. The number of carbonyl (C=O) groups is 4. The average molecular weight is 501 g/mol. The first-order valence-electron chi connectivity index (χ1n) is 11.1. The van der Waals surface area contributed by atoms with E-state index in [0.29, 0.717) is 11.3 Å². The molecule has 5 amide bonds. The van der Waals surface area contributed by atoms with Gasteiger partial charge >= 0.3 is 6.03 Å². The fourth-order valence-corrected chi connectivity index (χ4v) is 3.53. The first-order valence-corrected chi connectivity index (χ1v) is 11.1. The van der Waals surface area contributed by atoms with Crippen LogP contribution in [0.3, 0.4) is 0 Å². The molecule has 1 aliphatic rings. The number of imide groups is 2. The number of aromatic hydroxyl groups is 1. The summed E-state index contributed by atoms with van der Waals surface area (Å²) in [5.74, 6) is -1.52. The predicted octanol–water partition coefficient (Wildman–Crippen LogP) is 3.39. The van der Waals surface area contributed by atoms with E-state index in [1.165, 1.54) is 43.5 Å². The number of carbonyl (C=O) groups excluding carboxylic acids is 4. The molecule has 4 rings (SSSR count). The highest BCUT2D eigenvalue weighted by atomic mass is 16.5. The number of phenols is 1. The van der Waals surface area contributed by atoms with Gasteiger partial charge in [-0.25, -0.2) is 9.69 Å². The van der Waals surface area contributed by atoms with Gasteiger partial charge in [-0.3, -0.25) is 19.7 Å². The van der Waals surface area contributed by atoms with Gasteiger partial charge in [0.2, 0.25) is 0 Å². The summed E-state index contributed by atoms with van der Waals surface area (Å²) >= 11 is 0. The standard InChI is InChI=1S/C27H23N3O7/c1-16-3-6-18(7-4-16)28-24(32)15-37-22-12-5-17(14-23(22)36-2)13-21-25(33)29-27(35)30(26(21)34)19-8-10-20(31)11-9-19/h3-14,31H,15H2,1-2H3,(H,28,32)(H,29,33,35)/b21-13+. The highest BCUT2D eigenvalue weighted by Crippen LogP contribution is 2.30. The summed E-state index contributed by atoms with van der Waals surface area (Å²) in [6.07, 6.45) is 1.31. The molecule has 0 bridgehead atoms. The van der Waals surface area contributed by atoms with E-state index >= 15 is 0 Å². The van der Waals surface area contributed by atoms with E-state index in [1.807, 2.05) is 19.1 Å². The van der Waals surface area contributed by atoms with Gasteiger partial charge in [-0.15, -0.1) is 0 Å². The van der Waals surface area contributed by atoms with Gasteiger partial charge in [0.1, 0.15) is 11.3 Å². The molecule has 0 saturated carbocycles. The van der Waals surface area contributed by atoms with E-state index < -0.39 is 17.8 Å². The Bertz CT molecular complexity index is 1400. The van der Waals surface area contributed by atoms with Crippen LogP contribution in [0.25, 0.3) is 6.08 Å². The maximum atomic E-state index is 13.0. The third-order valence-electron chi connectivity index (χ3n) is 5.40. The fraction of sp³-hybridized carbons (Fsp3) is 0.111. The molecule has 3 aromatic rings. The predicted molar refractivity (Wildman–Crippen MR) is 135 cm³/mol. The number of nitrogens with zero attached hydrogens (tertiary/aromatic N) is 1. The maximum Gasteiger partial charge on any atom is 0.335 e. The summed E-state index contributed by atoms with van der Waals surface area (Å²) in [5, 5.41) is 14.3. The molecular weight excluding hydrogens is 478 g/mol. The number of urea groups is 1. The van der Waals surface area contributed by atoms with Crippen molar-refractivity contribution >= 4 is 41.2 Å². The summed E-state index contributed by atoms with van der Waals surface area (Å²) < 4.78 is 10.9. The van der Waals surface area contributed by atoms with E-state index in [4.69, 9.17) is 9.47 Å². The first kappa shape index (κ1) is 25.0.